The molecule has 2 amide bonds. The number of hydrogen-bond donors (Lipinski definition) is 4. The molecule has 2 aromatic rings. The van der Waals surface area contributed by atoms with Gasteiger partial charge in [0.1, 0.15) is 17.2 Å². The number of carbonyl (C=O) groups excluding carboxylic acids is 2. The van der Waals surface area contributed by atoms with Crippen molar-refractivity contribution in [3.8, 4) is 5.75 Å². The molecule has 1 saturated heterocycles. The first-order valence-electron chi connectivity index (χ1n) is 12.0. The number of para-hydroxylation sites is 1. The number of amides is 2. The zero-order chi connectivity index (χ0) is 24.4. The van der Waals surface area contributed by atoms with Crippen molar-refractivity contribution < 1.29 is 19.8 Å². The maximum absolute atomic E-state index is 13.1. The number of fused-ring (bicyclic) bond motifs is 2. The Labute approximate surface area is 197 Å². The number of nitrogens with zero attached hydrogens (tertiary/aromatic N) is 2. The summed E-state index contributed by atoms with van der Waals surface area (Å²) < 4.78 is 1.49. The standard InChI is InChI=1S/C25H32N4O5/c1-3-4-13-29-18-12-8-6-10-16(18)22(31)20(25(29)34)24(33)28-27-14(2)19-21(30)15-9-5-7-11-17(15)26-23(19)32/h6,8,10,12,15,17,19,21,30-31H,3-5,7,9,11,13H2,1-2H3,(H,26,32)(H,28,33)/b27-14-. The summed E-state index contributed by atoms with van der Waals surface area (Å²) in [5, 5.41) is 29.0. The van der Waals surface area contributed by atoms with Crippen molar-refractivity contribution in [2.75, 3.05) is 0 Å². The van der Waals surface area contributed by atoms with E-state index in [0.29, 0.717) is 17.4 Å². The number of unbranched alkanes of at least 4 members (excludes halogenated alkanes) is 1. The van der Waals surface area contributed by atoms with E-state index in [1.54, 1.807) is 31.2 Å². The number of carbonyl (C=O) groups is 2. The first-order valence-corrected chi connectivity index (χ1v) is 12.0. The Morgan fingerprint density at radius 2 is 1.97 bits per heavy atom. The van der Waals surface area contributed by atoms with E-state index in [9.17, 15) is 24.6 Å². The number of piperidine rings is 1. The van der Waals surface area contributed by atoms with E-state index in [0.717, 1.165) is 38.5 Å². The molecule has 0 spiro atoms. The van der Waals surface area contributed by atoms with Gasteiger partial charge in [0.2, 0.25) is 5.91 Å². The summed E-state index contributed by atoms with van der Waals surface area (Å²) in [5.74, 6) is -2.52. The van der Waals surface area contributed by atoms with Gasteiger partial charge in [-0.05, 0) is 38.3 Å². The van der Waals surface area contributed by atoms with E-state index in [1.165, 1.54) is 4.57 Å². The highest BCUT2D eigenvalue weighted by Crippen LogP contribution is 2.34. The van der Waals surface area contributed by atoms with Gasteiger partial charge in [-0.1, -0.05) is 38.3 Å². The molecule has 2 aliphatic rings. The Morgan fingerprint density at radius 1 is 1.24 bits per heavy atom. The zero-order valence-corrected chi connectivity index (χ0v) is 19.6. The maximum Gasteiger partial charge on any atom is 0.280 e. The largest absolute Gasteiger partial charge is 0.506 e. The van der Waals surface area contributed by atoms with Crippen LogP contribution in [0.5, 0.6) is 5.75 Å². The molecule has 2 heterocycles. The van der Waals surface area contributed by atoms with E-state index >= 15 is 0 Å². The van der Waals surface area contributed by atoms with E-state index in [4.69, 9.17) is 0 Å². The molecule has 34 heavy (non-hydrogen) atoms. The van der Waals surface area contributed by atoms with Crippen molar-refractivity contribution in [3.05, 3.63) is 40.2 Å². The monoisotopic (exact) mass is 468 g/mol. The van der Waals surface area contributed by atoms with Crippen molar-refractivity contribution in [2.24, 2.45) is 16.9 Å². The summed E-state index contributed by atoms with van der Waals surface area (Å²) in [6.45, 7) is 3.98. The second-order valence-electron chi connectivity index (χ2n) is 9.28. The summed E-state index contributed by atoms with van der Waals surface area (Å²) in [4.78, 5) is 38.8. The van der Waals surface area contributed by atoms with Crippen molar-refractivity contribution in [2.45, 2.75) is 71.1 Å². The maximum atomic E-state index is 13.1. The predicted molar refractivity (Wildman–Crippen MR) is 129 cm³/mol. The van der Waals surface area contributed by atoms with Crippen LogP contribution in [-0.2, 0) is 11.3 Å². The highest BCUT2D eigenvalue weighted by molar-refractivity contribution is 6.06. The van der Waals surface area contributed by atoms with Gasteiger partial charge in [0.15, 0.2) is 0 Å². The predicted octanol–water partition coefficient (Wildman–Crippen LogP) is 2.28. The van der Waals surface area contributed by atoms with E-state index in [-0.39, 0.29) is 23.6 Å². The first-order chi connectivity index (χ1) is 16.3. The molecule has 1 aliphatic carbocycles. The second-order valence-corrected chi connectivity index (χ2v) is 9.28. The molecule has 2 fully saturated rings. The Kier molecular flexibility index (Phi) is 7.02. The SMILES string of the molecule is CCCCn1c(=O)c(C(=O)N/N=C(/C)C2C(=O)NC3CCCCC3C2O)c(O)c2ccccc21. The Bertz CT molecular complexity index is 1190. The minimum Gasteiger partial charge on any atom is -0.506 e. The number of pyridine rings is 1. The number of aryl methyl sites for hydroxylation is 1. The van der Waals surface area contributed by atoms with Gasteiger partial charge in [-0.25, -0.2) is 5.43 Å². The number of aliphatic hydroxyl groups is 1. The van der Waals surface area contributed by atoms with Gasteiger partial charge in [0.25, 0.3) is 11.5 Å². The third kappa shape index (κ3) is 4.32. The van der Waals surface area contributed by atoms with E-state index in [2.05, 4.69) is 15.8 Å². The van der Waals surface area contributed by atoms with Crippen LogP contribution in [0.4, 0.5) is 0 Å². The molecule has 4 rings (SSSR count). The highest BCUT2D eigenvalue weighted by atomic mass is 16.3. The fraction of sp³-hybridized carbons (Fsp3) is 0.520. The lowest BCUT2D eigenvalue weighted by atomic mass is 9.72. The van der Waals surface area contributed by atoms with Gasteiger partial charge in [-0.3, -0.25) is 14.4 Å². The van der Waals surface area contributed by atoms with Crippen LogP contribution < -0.4 is 16.3 Å². The van der Waals surface area contributed by atoms with Crippen LogP contribution in [0.3, 0.4) is 0 Å². The lowest BCUT2D eigenvalue weighted by Crippen LogP contribution is -2.59. The van der Waals surface area contributed by atoms with Crippen LogP contribution >= 0.6 is 0 Å². The van der Waals surface area contributed by atoms with Gasteiger partial charge in [-0.15, -0.1) is 0 Å². The summed E-state index contributed by atoms with van der Waals surface area (Å²) in [5.41, 5.74) is 2.12. The third-order valence-electron chi connectivity index (χ3n) is 7.10. The fourth-order valence-corrected chi connectivity index (χ4v) is 5.26. The van der Waals surface area contributed by atoms with E-state index in [1.807, 2.05) is 6.92 Å². The Morgan fingerprint density at radius 3 is 2.74 bits per heavy atom. The van der Waals surface area contributed by atoms with Crippen LogP contribution in [0.25, 0.3) is 10.9 Å². The smallest absolute Gasteiger partial charge is 0.280 e. The van der Waals surface area contributed by atoms with Crippen molar-refractivity contribution in [1.29, 1.82) is 0 Å². The number of aromatic hydroxyl groups is 1. The minimum atomic E-state index is -0.889. The fourth-order valence-electron chi connectivity index (χ4n) is 5.26. The molecule has 4 unspecified atom stereocenters. The van der Waals surface area contributed by atoms with Crippen molar-refractivity contribution >= 4 is 28.4 Å². The zero-order valence-electron chi connectivity index (χ0n) is 19.6. The number of benzene rings is 1. The van der Waals surface area contributed by atoms with Crippen LogP contribution in [0.15, 0.2) is 34.2 Å². The number of aliphatic hydroxyl groups excluding tert-OH is 1. The summed E-state index contributed by atoms with van der Waals surface area (Å²) >= 11 is 0. The number of hydrogen-bond acceptors (Lipinski definition) is 6. The number of aromatic nitrogens is 1. The molecule has 182 valence electrons. The van der Waals surface area contributed by atoms with Crippen molar-refractivity contribution in [3.63, 3.8) is 0 Å². The summed E-state index contributed by atoms with van der Waals surface area (Å²) in [6.07, 6.45) is 4.40. The van der Waals surface area contributed by atoms with Crippen LogP contribution in [-0.4, -0.2) is 44.5 Å². The molecule has 0 bridgehead atoms. The van der Waals surface area contributed by atoms with Gasteiger partial charge in [0.05, 0.1) is 17.3 Å². The molecule has 1 aliphatic heterocycles. The quantitative estimate of drug-likeness (QED) is 0.381. The second kappa shape index (κ2) is 9.97. The average molecular weight is 469 g/mol. The van der Waals surface area contributed by atoms with Crippen LogP contribution in [0.1, 0.15) is 62.7 Å². The first kappa shape index (κ1) is 23.9. The highest BCUT2D eigenvalue weighted by Gasteiger charge is 2.45. The van der Waals surface area contributed by atoms with E-state index < -0.39 is 34.8 Å². The van der Waals surface area contributed by atoms with Crippen LogP contribution in [0.2, 0.25) is 0 Å². The molecular weight excluding hydrogens is 436 g/mol. The number of nitrogens with one attached hydrogen (secondary N) is 2. The number of hydrazone groups is 1. The van der Waals surface area contributed by atoms with Gasteiger partial charge in [0, 0.05) is 23.9 Å². The molecule has 9 nitrogen and oxygen atoms in total. The Hall–Kier alpha value is -3.20. The molecule has 1 aromatic heterocycles. The Balaban J connectivity index is 1.62. The van der Waals surface area contributed by atoms with Gasteiger partial charge in [-0.2, -0.15) is 5.10 Å². The molecule has 9 heteroatoms. The topological polar surface area (TPSA) is 133 Å². The van der Waals surface area contributed by atoms with Crippen LogP contribution in [0, 0.1) is 11.8 Å². The lowest BCUT2D eigenvalue weighted by Gasteiger charge is -2.42. The van der Waals surface area contributed by atoms with Crippen molar-refractivity contribution in [1.82, 2.24) is 15.3 Å². The average Bonchev–Trinajstić information content (AvgIpc) is 2.83. The molecule has 1 aromatic carbocycles. The molecule has 4 atom stereocenters. The molecule has 4 N–H and O–H groups in total. The lowest BCUT2D eigenvalue weighted by molar-refractivity contribution is -0.134. The third-order valence-corrected chi connectivity index (χ3v) is 7.10. The summed E-state index contributed by atoms with van der Waals surface area (Å²) in [7, 11) is 0. The number of rotatable bonds is 6. The molecule has 1 saturated carbocycles. The normalized spacial score (nSPS) is 25.0. The van der Waals surface area contributed by atoms with Gasteiger partial charge >= 0.3 is 0 Å². The molecule has 0 radical (unpaired) electrons. The molecular formula is C25H32N4O5. The van der Waals surface area contributed by atoms with Gasteiger partial charge < -0.3 is 20.1 Å². The summed E-state index contributed by atoms with van der Waals surface area (Å²) in [6, 6.07) is 6.85. The minimum absolute atomic E-state index is 0.0361.